The van der Waals surface area contributed by atoms with E-state index in [0.717, 1.165) is 43.2 Å². The number of aliphatic hydroxyl groups excluding tert-OH is 1. The van der Waals surface area contributed by atoms with Gasteiger partial charge < -0.3 is 41.6 Å². The van der Waals surface area contributed by atoms with Gasteiger partial charge in [-0.1, -0.05) is 79.9 Å². The number of benzene rings is 2. The molecule has 13 heteroatoms. The van der Waals surface area contributed by atoms with Crippen molar-refractivity contribution < 1.29 is 29.0 Å². The Morgan fingerprint density at radius 2 is 1.40 bits per heavy atom. The van der Waals surface area contributed by atoms with E-state index in [0.29, 0.717) is 58.4 Å². The molecule has 0 aliphatic rings. The zero-order valence-corrected chi connectivity index (χ0v) is 28.3. The maximum absolute atomic E-state index is 12.9. The number of ether oxygens (including phenoxy) is 2. The van der Waals surface area contributed by atoms with Crippen LogP contribution in [-0.2, 0) is 27.5 Å². The number of hydrogen-bond donors (Lipinski definition) is 6. The van der Waals surface area contributed by atoms with E-state index in [-0.39, 0.29) is 25.1 Å². The van der Waals surface area contributed by atoms with E-state index in [1.165, 1.54) is 0 Å². The molecule has 2 aromatic carbocycles. The molecule has 0 heterocycles. The van der Waals surface area contributed by atoms with Gasteiger partial charge in [0.05, 0.1) is 6.04 Å². The van der Waals surface area contributed by atoms with Gasteiger partial charge in [-0.3, -0.25) is 15.1 Å². The lowest BCUT2D eigenvalue weighted by Crippen LogP contribution is -2.48. The first-order chi connectivity index (χ1) is 23.2. The molecule has 2 aromatic rings. The Labute approximate surface area is 284 Å². The number of rotatable bonds is 24. The normalized spacial score (nSPS) is 12.0. The highest BCUT2D eigenvalue weighted by Crippen LogP contribution is 2.08. The predicted molar refractivity (Wildman–Crippen MR) is 187 cm³/mol. The Morgan fingerprint density at radius 1 is 0.792 bits per heavy atom. The van der Waals surface area contributed by atoms with Gasteiger partial charge in [0.1, 0.15) is 19.4 Å². The summed E-state index contributed by atoms with van der Waals surface area (Å²) in [7, 11) is 0. The molecule has 0 aliphatic carbocycles. The van der Waals surface area contributed by atoms with Crippen LogP contribution in [0.15, 0.2) is 65.7 Å². The van der Waals surface area contributed by atoms with E-state index in [9.17, 15) is 19.5 Å². The van der Waals surface area contributed by atoms with Gasteiger partial charge in [-0.15, -0.1) is 0 Å². The minimum Gasteiger partial charge on any atom is -0.445 e. The van der Waals surface area contributed by atoms with Crippen molar-refractivity contribution >= 4 is 24.1 Å². The third-order valence-electron chi connectivity index (χ3n) is 7.48. The molecule has 2 rings (SSSR count). The number of nitrogens with two attached hydrogens (primary N) is 2. The summed E-state index contributed by atoms with van der Waals surface area (Å²) >= 11 is 0. The molecular formula is C35H55N7O6. The molecule has 0 aliphatic heterocycles. The zero-order valence-electron chi connectivity index (χ0n) is 28.3. The number of hydrogen-bond acceptors (Lipinski definition) is 8. The van der Waals surface area contributed by atoms with Crippen molar-refractivity contribution in [3.05, 3.63) is 71.8 Å². The molecule has 0 aromatic heterocycles. The van der Waals surface area contributed by atoms with E-state index < -0.39 is 24.5 Å². The minimum absolute atomic E-state index is 0.0903. The Bertz CT molecular complexity index is 1200. The molecule has 266 valence electrons. The van der Waals surface area contributed by atoms with Crippen molar-refractivity contribution in [3.63, 3.8) is 0 Å². The van der Waals surface area contributed by atoms with Crippen LogP contribution < -0.4 is 27.4 Å². The molecule has 0 radical (unpaired) electrons. The molecular weight excluding hydrogens is 614 g/mol. The number of amides is 3. The number of aliphatic imine (C=N–C) groups is 1. The summed E-state index contributed by atoms with van der Waals surface area (Å²) in [6, 6.07) is 18.4. The Kier molecular flexibility index (Phi) is 20.5. The average molecular weight is 670 g/mol. The van der Waals surface area contributed by atoms with Gasteiger partial charge in [-0.25, -0.2) is 9.59 Å². The molecule has 2 unspecified atom stereocenters. The van der Waals surface area contributed by atoms with E-state index in [4.69, 9.17) is 20.9 Å². The van der Waals surface area contributed by atoms with Gasteiger partial charge in [-0.05, 0) is 56.7 Å². The molecule has 0 spiro atoms. The highest BCUT2D eigenvalue weighted by Gasteiger charge is 2.17. The summed E-state index contributed by atoms with van der Waals surface area (Å²) in [6.07, 6.45) is 5.10. The number of aliphatic hydroxyl groups is 1. The maximum Gasteiger partial charge on any atom is 0.410 e. The molecule has 48 heavy (non-hydrogen) atoms. The summed E-state index contributed by atoms with van der Waals surface area (Å²) in [4.78, 5) is 42.9. The average Bonchev–Trinajstić information content (AvgIpc) is 3.08. The van der Waals surface area contributed by atoms with Crippen LogP contribution in [0.2, 0.25) is 0 Å². The second-order valence-corrected chi connectivity index (χ2v) is 11.7. The van der Waals surface area contributed by atoms with Crippen molar-refractivity contribution in [2.24, 2.45) is 16.5 Å². The Hall–Kier alpha value is -4.36. The topological polar surface area (TPSA) is 194 Å². The summed E-state index contributed by atoms with van der Waals surface area (Å²) in [5, 5.41) is 19.1. The summed E-state index contributed by atoms with van der Waals surface area (Å²) < 4.78 is 10.8. The number of alkyl carbamates (subject to hydrolysis) is 1. The van der Waals surface area contributed by atoms with E-state index >= 15 is 0 Å². The molecule has 0 saturated heterocycles. The SMILES string of the molecule is CC(NC(=O)CCCCCCCN=C(N)N)C(O)NCCCCN(CCCNC(=O)OCc1ccccc1)C(=O)OCc1ccccc1. The summed E-state index contributed by atoms with van der Waals surface area (Å²) in [5.74, 6) is 0.0189. The van der Waals surface area contributed by atoms with Crippen molar-refractivity contribution in [1.29, 1.82) is 0 Å². The largest absolute Gasteiger partial charge is 0.445 e. The third-order valence-corrected chi connectivity index (χ3v) is 7.48. The van der Waals surface area contributed by atoms with Crippen LogP contribution >= 0.6 is 0 Å². The Balaban J connectivity index is 1.65. The first kappa shape index (κ1) is 39.8. The number of carbonyl (C=O) groups is 3. The monoisotopic (exact) mass is 669 g/mol. The molecule has 0 bridgehead atoms. The quantitative estimate of drug-likeness (QED) is 0.0418. The van der Waals surface area contributed by atoms with Crippen molar-refractivity contribution in [3.8, 4) is 0 Å². The molecule has 8 N–H and O–H groups in total. The number of nitrogens with one attached hydrogen (secondary N) is 3. The number of carbonyl (C=O) groups excluding carboxylic acids is 3. The molecule has 0 saturated carbocycles. The van der Waals surface area contributed by atoms with E-state index in [1.807, 2.05) is 60.7 Å². The maximum atomic E-state index is 12.9. The van der Waals surface area contributed by atoms with Crippen molar-refractivity contribution in [1.82, 2.24) is 20.9 Å². The second kappa shape index (κ2) is 24.8. The molecule has 13 nitrogen and oxygen atoms in total. The van der Waals surface area contributed by atoms with Gasteiger partial charge in [0.2, 0.25) is 5.91 Å². The highest BCUT2D eigenvalue weighted by atomic mass is 16.6. The molecule has 3 amide bonds. The van der Waals surface area contributed by atoms with Crippen LogP contribution in [0.4, 0.5) is 9.59 Å². The van der Waals surface area contributed by atoms with Gasteiger partial charge >= 0.3 is 12.2 Å². The first-order valence-corrected chi connectivity index (χ1v) is 16.9. The van der Waals surface area contributed by atoms with Crippen molar-refractivity contribution in [2.45, 2.75) is 90.2 Å². The Morgan fingerprint density at radius 3 is 2.06 bits per heavy atom. The predicted octanol–water partition coefficient (Wildman–Crippen LogP) is 3.75. The smallest absolute Gasteiger partial charge is 0.410 e. The fourth-order valence-corrected chi connectivity index (χ4v) is 4.73. The lowest BCUT2D eigenvalue weighted by molar-refractivity contribution is -0.122. The van der Waals surface area contributed by atoms with Crippen LogP contribution in [0.5, 0.6) is 0 Å². The van der Waals surface area contributed by atoms with Crippen molar-refractivity contribution in [2.75, 3.05) is 32.7 Å². The van der Waals surface area contributed by atoms with E-state index in [2.05, 4.69) is 20.9 Å². The number of nitrogens with zero attached hydrogens (tertiary/aromatic N) is 2. The lowest BCUT2D eigenvalue weighted by Gasteiger charge is -2.23. The third kappa shape index (κ3) is 19.3. The van der Waals surface area contributed by atoms with Crippen LogP contribution in [0, 0.1) is 0 Å². The first-order valence-electron chi connectivity index (χ1n) is 16.9. The van der Waals surface area contributed by atoms with Crippen LogP contribution in [-0.4, -0.2) is 79.1 Å². The highest BCUT2D eigenvalue weighted by molar-refractivity contribution is 5.76. The standard InChI is InChI=1S/C35H55N7O6/c1-28(41-31(43)20-11-3-2-4-12-22-39-33(36)37)32(44)38-21-13-14-24-42(35(46)48-27-30-18-9-6-10-19-30)25-15-23-40-34(45)47-26-29-16-7-5-8-17-29/h5-10,16-19,28,32,38,44H,2-4,11-15,20-27H2,1H3,(H,40,45)(H,41,43)(H4,36,37,39). The minimum atomic E-state index is -0.899. The van der Waals surface area contributed by atoms with Gasteiger partial charge in [-0.2, -0.15) is 0 Å². The van der Waals surface area contributed by atoms with E-state index in [1.54, 1.807) is 11.8 Å². The molecule has 0 fully saturated rings. The number of guanidine groups is 1. The number of unbranched alkanes of at least 4 members (excludes halogenated alkanes) is 5. The van der Waals surface area contributed by atoms with Gasteiger partial charge in [0, 0.05) is 32.6 Å². The lowest BCUT2D eigenvalue weighted by atomic mass is 10.1. The zero-order chi connectivity index (χ0) is 34.8. The summed E-state index contributed by atoms with van der Waals surface area (Å²) in [6.45, 7) is 4.42. The van der Waals surface area contributed by atoms with Crippen LogP contribution in [0.1, 0.15) is 75.8 Å². The van der Waals surface area contributed by atoms with Gasteiger partial charge in [0.15, 0.2) is 5.96 Å². The summed E-state index contributed by atoms with van der Waals surface area (Å²) in [5.41, 5.74) is 12.4. The second-order valence-electron chi connectivity index (χ2n) is 11.7. The fourth-order valence-electron chi connectivity index (χ4n) is 4.73. The van der Waals surface area contributed by atoms with Gasteiger partial charge in [0.25, 0.3) is 0 Å². The van der Waals surface area contributed by atoms with Crippen LogP contribution in [0.25, 0.3) is 0 Å². The van der Waals surface area contributed by atoms with Crippen LogP contribution in [0.3, 0.4) is 0 Å². The fraction of sp³-hybridized carbons (Fsp3) is 0.543. The molecule has 2 atom stereocenters.